The molecule has 0 aliphatic heterocycles. The number of fused-ring (bicyclic) bond motifs is 2. The summed E-state index contributed by atoms with van der Waals surface area (Å²) in [6.07, 6.45) is 10.6. The van der Waals surface area contributed by atoms with Gasteiger partial charge in [-0.05, 0) is 36.2 Å². The minimum absolute atomic E-state index is 0.0943. The Morgan fingerprint density at radius 2 is 1.52 bits per heavy atom. The van der Waals surface area contributed by atoms with E-state index in [1.807, 2.05) is 30.3 Å². The molecule has 1 fully saturated rings. The average molecular weight is 399 g/mol. The van der Waals surface area contributed by atoms with Gasteiger partial charge in [-0.3, -0.25) is 9.59 Å². The maximum atomic E-state index is 12.8. The smallest absolute Gasteiger partial charge is 0.310 e. The molecular formula is C25H34O4. The van der Waals surface area contributed by atoms with Gasteiger partial charge in [0.05, 0.1) is 18.4 Å². The van der Waals surface area contributed by atoms with Crippen LogP contribution in [0.4, 0.5) is 0 Å². The second-order valence-corrected chi connectivity index (χ2v) is 8.86. The predicted molar refractivity (Wildman–Crippen MR) is 113 cm³/mol. The molecule has 1 aromatic carbocycles. The number of allylic oxidation sites excluding steroid dienone is 2. The molecule has 0 spiro atoms. The molecule has 0 heterocycles. The Labute approximate surface area is 174 Å². The Morgan fingerprint density at radius 1 is 0.897 bits per heavy atom. The number of hydrogen-bond donors (Lipinski definition) is 0. The Morgan fingerprint density at radius 3 is 2.17 bits per heavy atom. The topological polar surface area (TPSA) is 52.6 Å². The summed E-state index contributed by atoms with van der Waals surface area (Å²) in [6.45, 7) is 5.18. The summed E-state index contributed by atoms with van der Waals surface area (Å²) < 4.78 is 11.1. The summed E-state index contributed by atoms with van der Waals surface area (Å²) in [5, 5.41) is 0. The van der Waals surface area contributed by atoms with E-state index in [1.54, 1.807) is 0 Å². The van der Waals surface area contributed by atoms with Crippen molar-refractivity contribution < 1.29 is 19.1 Å². The first-order valence-corrected chi connectivity index (χ1v) is 11.1. The Bertz CT molecular complexity index is 694. The van der Waals surface area contributed by atoms with Crippen LogP contribution in [-0.4, -0.2) is 18.5 Å². The second-order valence-electron chi connectivity index (χ2n) is 8.86. The van der Waals surface area contributed by atoms with E-state index in [4.69, 9.17) is 9.47 Å². The third kappa shape index (κ3) is 5.94. The van der Waals surface area contributed by atoms with Crippen LogP contribution in [0.3, 0.4) is 0 Å². The fourth-order valence-corrected chi connectivity index (χ4v) is 4.57. The van der Waals surface area contributed by atoms with Gasteiger partial charge in [0, 0.05) is 0 Å². The number of rotatable bonds is 11. The standard InChI is InChI=1S/C25H34O4/c1-18(2)10-6-3-4-9-15-28-24(26)22-20-13-14-21(16-20)23(22)25(27)29-17-19-11-7-5-8-12-19/h5,7-8,11-14,18,20-23H,3-4,6,9-10,15-17H2,1-2H3. The SMILES string of the molecule is CC(C)CCCCCCOC(=O)C1C2C=CC(C2)C1C(=O)OCc1ccccc1. The number of ether oxygens (including phenoxy) is 2. The van der Waals surface area contributed by atoms with Crippen molar-refractivity contribution in [3.05, 3.63) is 48.0 Å². The molecule has 3 rings (SSSR count). The fraction of sp³-hybridized carbons (Fsp3) is 0.600. The number of carbonyl (C=O) groups is 2. The second kappa shape index (κ2) is 10.6. The molecule has 4 unspecified atom stereocenters. The molecule has 158 valence electrons. The molecule has 2 aliphatic carbocycles. The van der Waals surface area contributed by atoms with Crippen LogP contribution in [-0.2, 0) is 25.7 Å². The first-order valence-electron chi connectivity index (χ1n) is 11.1. The van der Waals surface area contributed by atoms with Crippen molar-refractivity contribution in [2.45, 2.75) is 59.0 Å². The zero-order valence-corrected chi connectivity index (χ0v) is 17.7. The van der Waals surface area contributed by atoms with Gasteiger partial charge in [-0.1, -0.05) is 82.0 Å². The summed E-state index contributed by atoms with van der Waals surface area (Å²) >= 11 is 0. The summed E-state index contributed by atoms with van der Waals surface area (Å²) in [5.74, 6) is -0.365. The third-order valence-corrected chi connectivity index (χ3v) is 6.15. The molecular weight excluding hydrogens is 364 g/mol. The van der Waals surface area contributed by atoms with Gasteiger partial charge in [-0.25, -0.2) is 0 Å². The summed E-state index contributed by atoms with van der Waals surface area (Å²) in [7, 11) is 0. The van der Waals surface area contributed by atoms with Crippen molar-refractivity contribution in [2.24, 2.45) is 29.6 Å². The number of hydrogen-bond acceptors (Lipinski definition) is 4. The zero-order valence-electron chi connectivity index (χ0n) is 17.7. The summed E-state index contributed by atoms with van der Waals surface area (Å²) in [5.41, 5.74) is 0.955. The van der Waals surface area contributed by atoms with Crippen molar-refractivity contribution in [3.8, 4) is 0 Å². The van der Waals surface area contributed by atoms with E-state index in [0.29, 0.717) is 6.61 Å². The van der Waals surface area contributed by atoms with Crippen LogP contribution in [0.2, 0.25) is 0 Å². The first-order chi connectivity index (χ1) is 14.1. The van der Waals surface area contributed by atoms with E-state index >= 15 is 0 Å². The Hall–Kier alpha value is -2.10. The molecule has 4 atom stereocenters. The average Bonchev–Trinajstić information content (AvgIpc) is 3.33. The lowest BCUT2D eigenvalue weighted by atomic mass is 9.83. The van der Waals surface area contributed by atoms with Crippen LogP contribution in [0.25, 0.3) is 0 Å². The highest BCUT2D eigenvalue weighted by molar-refractivity contribution is 5.84. The van der Waals surface area contributed by atoms with Crippen molar-refractivity contribution in [2.75, 3.05) is 6.61 Å². The highest BCUT2D eigenvalue weighted by Gasteiger charge is 2.53. The van der Waals surface area contributed by atoms with Gasteiger partial charge in [-0.2, -0.15) is 0 Å². The first kappa shape index (κ1) is 21.6. The predicted octanol–water partition coefficient (Wildman–Crippen LogP) is 5.32. The van der Waals surface area contributed by atoms with Gasteiger partial charge in [0.25, 0.3) is 0 Å². The summed E-state index contributed by atoms with van der Waals surface area (Å²) in [6, 6.07) is 9.64. The van der Waals surface area contributed by atoms with Crippen molar-refractivity contribution >= 4 is 11.9 Å². The molecule has 0 radical (unpaired) electrons. The zero-order chi connectivity index (χ0) is 20.6. The van der Waals surface area contributed by atoms with Crippen LogP contribution in [0.5, 0.6) is 0 Å². The molecule has 2 bridgehead atoms. The molecule has 29 heavy (non-hydrogen) atoms. The lowest BCUT2D eigenvalue weighted by molar-refractivity contribution is -0.162. The van der Waals surface area contributed by atoms with E-state index in [0.717, 1.165) is 30.7 Å². The molecule has 4 nitrogen and oxygen atoms in total. The van der Waals surface area contributed by atoms with E-state index in [1.165, 1.54) is 19.3 Å². The van der Waals surface area contributed by atoms with Crippen molar-refractivity contribution in [1.29, 1.82) is 0 Å². The van der Waals surface area contributed by atoms with Gasteiger partial charge < -0.3 is 9.47 Å². The largest absolute Gasteiger partial charge is 0.465 e. The number of carbonyl (C=O) groups excluding carboxylic acids is 2. The molecule has 0 N–H and O–H groups in total. The van der Waals surface area contributed by atoms with E-state index < -0.39 is 11.8 Å². The number of esters is 2. The van der Waals surface area contributed by atoms with Crippen LogP contribution < -0.4 is 0 Å². The highest BCUT2D eigenvalue weighted by Crippen LogP contribution is 2.49. The Kier molecular flexibility index (Phi) is 7.91. The fourth-order valence-electron chi connectivity index (χ4n) is 4.57. The van der Waals surface area contributed by atoms with Gasteiger partial charge in [0.2, 0.25) is 0 Å². The lowest BCUT2D eigenvalue weighted by Gasteiger charge is -2.25. The molecule has 0 aromatic heterocycles. The van der Waals surface area contributed by atoms with E-state index in [9.17, 15) is 9.59 Å². The monoisotopic (exact) mass is 398 g/mol. The lowest BCUT2D eigenvalue weighted by Crippen LogP contribution is -2.35. The van der Waals surface area contributed by atoms with Gasteiger partial charge >= 0.3 is 11.9 Å². The molecule has 1 saturated carbocycles. The van der Waals surface area contributed by atoms with Crippen LogP contribution in [0.15, 0.2) is 42.5 Å². The van der Waals surface area contributed by atoms with E-state index in [2.05, 4.69) is 26.0 Å². The minimum atomic E-state index is -0.410. The van der Waals surface area contributed by atoms with Gasteiger partial charge in [0.1, 0.15) is 6.61 Å². The quantitative estimate of drug-likeness (QED) is 0.288. The van der Waals surface area contributed by atoms with Crippen LogP contribution >= 0.6 is 0 Å². The number of benzene rings is 1. The maximum absolute atomic E-state index is 12.8. The molecule has 0 amide bonds. The molecule has 0 saturated heterocycles. The normalized spacial score (nSPS) is 24.8. The van der Waals surface area contributed by atoms with Gasteiger partial charge in [-0.15, -0.1) is 0 Å². The van der Waals surface area contributed by atoms with E-state index in [-0.39, 0.29) is 30.4 Å². The van der Waals surface area contributed by atoms with Crippen molar-refractivity contribution in [1.82, 2.24) is 0 Å². The van der Waals surface area contributed by atoms with Crippen LogP contribution in [0, 0.1) is 29.6 Å². The summed E-state index contributed by atoms with van der Waals surface area (Å²) in [4.78, 5) is 25.5. The van der Waals surface area contributed by atoms with Crippen LogP contribution in [0.1, 0.15) is 57.9 Å². The molecule has 2 aliphatic rings. The number of unbranched alkanes of at least 4 members (excludes halogenated alkanes) is 3. The molecule has 4 heteroatoms. The van der Waals surface area contributed by atoms with Crippen molar-refractivity contribution in [3.63, 3.8) is 0 Å². The maximum Gasteiger partial charge on any atom is 0.310 e. The highest BCUT2D eigenvalue weighted by atomic mass is 16.5. The Balaban J connectivity index is 1.45. The minimum Gasteiger partial charge on any atom is -0.465 e. The molecule has 1 aromatic rings. The third-order valence-electron chi connectivity index (χ3n) is 6.15. The van der Waals surface area contributed by atoms with Gasteiger partial charge in [0.15, 0.2) is 0 Å².